The number of amides is 2. The molecule has 4 heteroatoms. The Labute approximate surface area is 179 Å². The lowest BCUT2D eigenvalue weighted by atomic mass is 9.94. The molecule has 0 radical (unpaired) electrons. The zero-order valence-corrected chi connectivity index (χ0v) is 18.1. The van der Waals surface area contributed by atoms with E-state index in [0.717, 1.165) is 47.9 Å². The number of aryl methyl sites for hydroxylation is 2. The van der Waals surface area contributed by atoms with Crippen LogP contribution in [0.4, 0.5) is 0 Å². The van der Waals surface area contributed by atoms with Gasteiger partial charge in [-0.1, -0.05) is 73.4 Å². The third-order valence-corrected chi connectivity index (χ3v) is 6.33. The molecule has 156 valence electrons. The lowest BCUT2D eigenvalue weighted by molar-refractivity contribution is -0.140. The molecule has 0 aromatic heterocycles. The quantitative estimate of drug-likeness (QED) is 0.672. The van der Waals surface area contributed by atoms with Crippen LogP contribution in [0, 0.1) is 13.8 Å². The summed E-state index contributed by atoms with van der Waals surface area (Å²) in [6.07, 6.45) is 5.16. The van der Waals surface area contributed by atoms with E-state index in [2.05, 4.69) is 6.07 Å². The first kappa shape index (κ1) is 20.4. The molecule has 0 unspecified atom stereocenters. The second kappa shape index (κ2) is 8.47. The summed E-state index contributed by atoms with van der Waals surface area (Å²) in [5, 5.41) is 0. The van der Waals surface area contributed by atoms with Gasteiger partial charge >= 0.3 is 0 Å². The van der Waals surface area contributed by atoms with Gasteiger partial charge in [0.05, 0.1) is 5.57 Å². The van der Waals surface area contributed by atoms with Gasteiger partial charge in [-0.2, -0.15) is 0 Å². The van der Waals surface area contributed by atoms with Gasteiger partial charge in [0.1, 0.15) is 5.70 Å². The van der Waals surface area contributed by atoms with Gasteiger partial charge in [-0.05, 0) is 43.4 Å². The zero-order chi connectivity index (χ0) is 21.3. The van der Waals surface area contributed by atoms with Gasteiger partial charge in [-0.25, -0.2) is 0 Å². The first-order valence-electron chi connectivity index (χ1n) is 10.9. The maximum atomic E-state index is 13.6. The predicted molar refractivity (Wildman–Crippen MR) is 119 cm³/mol. The van der Waals surface area contributed by atoms with E-state index in [1.165, 1.54) is 6.42 Å². The van der Waals surface area contributed by atoms with Gasteiger partial charge in [0, 0.05) is 19.6 Å². The molecule has 0 saturated heterocycles. The highest BCUT2D eigenvalue weighted by atomic mass is 16.2. The summed E-state index contributed by atoms with van der Waals surface area (Å²) in [6, 6.07) is 16.2. The Hall–Kier alpha value is -2.88. The van der Waals surface area contributed by atoms with Crippen LogP contribution in [0.2, 0.25) is 0 Å². The van der Waals surface area contributed by atoms with Crippen molar-refractivity contribution in [3.63, 3.8) is 0 Å². The van der Waals surface area contributed by atoms with Crippen LogP contribution in [0.5, 0.6) is 0 Å². The minimum Gasteiger partial charge on any atom is -0.365 e. The molecule has 2 aliphatic rings. The van der Waals surface area contributed by atoms with E-state index < -0.39 is 0 Å². The number of hydrogen-bond acceptors (Lipinski definition) is 3. The number of benzene rings is 2. The Kier molecular flexibility index (Phi) is 5.76. The Morgan fingerprint density at radius 3 is 2.30 bits per heavy atom. The Balaban J connectivity index is 1.77. The Morgan fingerprint density at radius 1 is 0.933 bits per heavy atom. The third kappa shape index (κ3) is 3.79. The second-order valence-corrected chi connectivity index (χ2v) is 8.66. The lowest BCUT2D eigenvalue weighted by Crippen LogP contribution is -2.43. The van der Waals surface area contributed by atoms with Crippen molar-refractivity contribution in [3.05, 3.63) is 76.5 Å². The van der Waals surface area contributed by atoms with E-state index in [1.54, 1.807) is 4.90 Å². The molecule has 1 fully saturated rings. The van der Waals surface area contributed by atoms with Crippen LogP contribution in [-0.4, -0.2) is 34.7 Å². The molecule has 1 saturated carbocycles. The number of carbonyl (C=O) groups excluding carboxylic acids is 2. The van der Waals surface area contributed by atoms with Crippen LogP contribution in [0.25, 0.3) is 5.57 Å². The number of nitrogens with zero attached hydrogens (tertiary/aromatic N) is 2. The number of hydrogen-bond donors (Lipinski definition) is 0. The molecule has 1 heterocycles. The van der Waals surface area contributed by atoms with Crippen LogP contribution in [0.1, 0.15) is 54.4 Å². The molecule has 0 atom stereocenters. The van der Waals surface area contributed by atoms with Crippen LogP contribution >= 0.6 is 0 Å². The molecule has 4 rings (SSSR count). The van der Waals surface area contributed by atoms with Gasteiger partial charge in [-0.3, -0.25) is 14.5 Å². The predicted octanol–water partition coefficient (Wildman–Crippen LogP) is 4.85. The molecule has 30 heavy (non-hydrogen) atoms. The monoisotopic (exact) mass is 402 g/mol. The van der Waals surface area contributed by atoms with Crippen molar-refractivity contribution in [1.29, 1.82) is 0 Å². The van der Waals surface area contributed by atoms with Crippen molar-refractivity contribution < 1.29 is 9.59 Å². The first-order chi connectivity index (χ1) is 14.5. The van der Waals surface area contributed by atoms with Crippen LogP contribution in [-0.2, 0) is 16.1 Å². The summed E-state index contributed by atoms with van der Waals surface area (Å²) in [6.45, 7) is 4.65. The van der Waals surface area contributed by atoms with E-state index in [0.29, 0.717) is 17.8 Å². The largest absolute Gasteiger partial charge is 0.365 e. The molecular weight excluding hydrogens is 372 g/mol. The summed E-state index contributed by atoms with van der Waals surface area (Å²) in [5.74, 6) is -0.269. The van der Waals surface area contributed by atoms with Gasteiger partial charge in [0.2, 0.25) is 0 Å². The van der Waals surface area contributed by atoms with Crippen molar-refractivity contribution in [1.82, 2.24) is 9.80 Å². The SMILES string of the molecule is Cc1ccc(C2=C(N(C)Cc3ccccc3)C(=O)N(C3CCCCC3)C2=O)c(C)c1. The fourth-order valence-corrected chi connectivity index (χ4v) is 4.83. The number of rotatable bonds is 5. The van der Waals surface area contributed by atoms with Crippen molar-refractivity contribution >= 4 is 17.4 Å². The fraction of sp³-hybridized carbons (Fsp3) is 0.385. The highest BCUT2D eigenvalue weighted by Gasteiger charge is 2.44. The first-order valence-corrected chi connectivity index (χ1v) is 10.9. The molecule has 2 aromatic rings. The van der Waals surface area contributed by atoms with Gasteiger partial charge in [-0.15, -0.1) is 0 Å². The summed E-state index contributed by atoms with van der Waals surface area (Å²) in [5.41, 5.74) is 5.25. The fourth-order valence-electron chi connectivity index (χ4n) is 4.83. The topological polar surface area (TPSA) is 40.6 Å². The van der Waals surface area contributed by atoms with Gasteiger partial charge < -0.3 is 4.90 Å². The van der Waals surface area contributed by atoms with E-state index in [9.17, 15) is 9.59 Å². The van der Waals surface area contributed by atoms with E-state index in [-0.39, 0.29) is 17.9 Å². The van der Waals surface area contributed by atoms with Crippen LogP contribution < -0.4 is 0 Å². The molecule has 1 aliphatic heterocycles. The number of likely N-dealkylation sites (N-methyl/N-ethyl adjacent to an activating group) is 1. The van der Waals surface area contributed by atoms with Crippen molar-refractivity contribution in [2.24, 2.45) is 0 Å². The van der Waals surface area contributed by atoms with E-state index in [4.69, 9.17) is 0 Å². The number of carbonyl (C=O) groups is 2. The summed E-state index contributed by atoms with van der Waals surface area (Å²) >= 11 is 0. The van der Waals surface area contributed by atoms with Crippen LogP contribution in [0.15, 0.2) is 54.2 Å². The third-order valence-electron chi connectivity index (χ3n) is 6.33. The summed E-state index contributed by atoms with van der Waals surface area (Å²) < 4.78 is 0. The van der Waals surface area contributed by atoms with Gasteiger partial charge in [0.15, 0.2) is 0 Å². The summed E-state index contributed by atoms with van der Waals surface area (Å²) in [7, 11) is 1.92. The van der Waals surface area contributed by atoms with Crippen molar-refractivity contribution in [2.45, 2.75) is 58.5 Å². The van der Waals surface area contributed by atoms with Crippen molar-refractivity contribution in [3.8, 4) is 0 Å². The van der Waals surface area contributed by atoms with Crippen LogP contribution in [0.3, 0.4) is 0 Å². The minimum atomic E-state index is -0.139. The molecule has 0 bridgehead atoms. The molecule has 2 amide bonds. The average Bonchev–Trinajstić information content (AvgIpc) is 2.99. The van der Waals surface area contributed by atoms with Gasteiger partial charge in [0.25, 0.3) is 11.8 Å². The zero-order valence-electron chi connectivity index (χ0n) is 18.1. The molecular formula is C26H30N2O2. The summed E-state index contributed by atoms with van der Waals surface area (Å²) in [4.78, 5) is 30.8. The Bertz CT molecular complexity index is 987. The average molecular weight is 403 g/mol. The van der Waals surface area contributed by atoms with E-state index >= 15 is 0 Å². The Morgan fingerprint density at radius 2 is 1.63 bits per heavy atom. The second-order valence-electron chi connectivity index (χ2n) is 8.66. The molecule has 4 nitrogen and oxygen atoms in total. The maximum absolute atomic E-state index is 13.6. The minimum absolute atomic E-state index is 0.0159. The molecule has 2 aromatic carbocycles. The maximum Gasteiger partial charge on any atom is 0.278 e. The highest BCUT2D eigenvalue weighted by Crippen LogP contribution is 2.37. The molecule has 1 aliphatic carbocycles. The van der Waals surface area contributed by atoms with Crippen molar-refractivity contribution in [2.75, 3.05) is 7.05 Å². The molecule has 0 spiro atoms. The van der Waals surface area contributed by atoms with E-state index in [1.807, 2.05) is 68.3 Å². The lowest BCUT2D eigenvalue weighted by Gasteiger charge is -2.30. The smallest absolute Gasteiger partial charge is 0.278 e. The number of imide groups is 1. The standard InChI is InChI=1S/C26H30N2O2/c1-18-14-15-22(19(2)16-18)23-24(27(3)17-20-10-6-4-7-11-20)26(30)28(25(23)29)21-12-8-5-9-13-21/h4,6-7,10-11,14-16,21H,5,8-9,12-13,17H2,1-3H3. The molecule has 0 N–H and O–H groups in total. The normalized spacial score (nSPS) is 17.8. The highest BCUT2D eigenvalue weighted by molar-refractivity contribution is 6.35.